The van der Waals surface area contributed by atoms with Crippen LogP contribution in [0.1, 0.15) is 0 Å². The van der Waals surface area contributed by atoms with Crippen molar-refractivity contribution in [3.05, 3.63) is 0 Å². The summed E-state index contributed by atoms with van der Waals surface area (Å²) in [6, 6.07) is 0. The SMILES string of the molecule is NC1=NC(=O)C2C(=O)NN([C@@H]3O[C@H](CO)[C@@H](O)[C@H]3O)C2=N1. The average molecular weight is 299 g/mol. The molecule has 2 amide bonds. The molecule has 1 unspecified atom stereocenters. The minimum Gasteiger partial charge on any atom is -0.394 e. The molecule has 0 aliphatic carbocycles. The number of aliphatic hydroxyl groups is 3. The van der Waals surface area contributed by atoms with Crippen LogP contribution in [0.4, 0.5) is 0 Å². The predicted octanol–water partition coefficient (Wildman–Crippen LogP) is -4.36. The van der Waals surface area contributed by atoms with Crippen molar-refractivity contribution in [2.45, 2.75) is 24.5 Å². The molecule has 114 valence electrons. The number of fused-ring (bicyclic) bond motifs is 1. The Kier molecular flexibility index (Phi) is 3.13. The van der Waals surface area contributed by atoms with Gasteiger partial charge in [-0.05, 0) is 0 Å². The maximum atomic E-state index is 11.8. The summed E-state index contributed by atoms with van der Waals surface area (Å²) in [4.78, 5) is 30.7. The van der Waals surface area contributed by atoms with Crippen LogP contribution < -0.4 is 11.2 Å². The van der Waals surface area contributed by atoms with Gasteiger partial charge >= 0.3 is 0 Å². The second-order valence-corrected chi connectivity index (χ2v) is 4.79. The van der Waals surface area contributed by atoms with Gasteiger partial charge in [-0.2, -0.15) is 9.98 Å². The summed E-state index contributed by atoms with van der Waals surface area (Å²) >= 11 is 0. The molecular formula is C10H13N5O6. The van der Waals surface area contributed by atoms with E-state index >= 15 is 0 Å². The van der Waals surface area contributed by atoms with Gasteiger partial charge in [-0.15, -0.1) is 0 Å². The van der Waals surface area contributed by atoms with E-state index in [-0.39, 0.29) is 11.8 Å². The van der Waals surface area contributed by atoms with E-state index in [4.69, 9.17) is 15.6 Å². The normalized spacial score (nSPS) is 39.0. The minimum atomic E-state index is -1.42. The quantitative estimate of drug-likeness (QED) is 0.318. The van der Waals surface area contributed by atoms with Crippen molar-refractivity contribution >= 4 is 23.6 Å². The Morgan fingerprint density at radius 2 is 2.00 bits per heavy atom. The van der Waals surface area contributed by atoms with Crippen LogP contribution in [0.15, 0.2) is 9.98 Å². The van der Waals surface area contributed by atoms with E-state index in [0.717, 1.165) is 5.01 Å². The van der Waals surface area contributed by atoms with Crippen molar-refractivity contribution in [3.63, 3.8) is 0 Å². The molecule has 3 heterocycles. The Morgan fingerprint density at radius 1 is 1.29 bits per heavy atom. The van der Waals surface area contributed by atoms with E-state index < -0.39 is 48.9 Å². The number of hydrogen-bond acceptors (Lipinski definition) is 9. The van der Waals surface area contributed by atoms with E-state index in [1.54, 1.807) is 0 Å². The number of nitrogens with zero attached hydrogens (tertiary/aromatic N) is 3. The molecule has 3 aliphatic rings. The fraction of sp³-hybridized carbons (Fsp3) is 0.600. The third-order valence-electron chi connectivity index (χ3n) is 3.47. The summed E-state index contributed by atoms with van der Waals surface area (Å²) in [5.41, 5.74) is 7.71. The number of aliphatic imine (C=N–C) groups is 2. The van der Waals surface area contributed by atoms with Crippen LogP contribution in [0.5, 0.6) is 0 Å². The highest BCUT2D eigenvalue weighted by Gasteiger charge is 2.53. The molecule has 3 aliphatic heterocycles. The van der Waals surface area contributed by atoms with Crippen molar-refractivity contribution < 1.29 is 29.6 Å². The molecule has 11 heteroatoms. The highest BCUT2D eigenvalue weighted by molar-refractivity contribution is 6.27. The zero-order valence-corrected chi connectivity index (χ0v) is 10.6. The zero-order valence-electron chi connectivity index (χ0n) is 10.6. The summed E-state index contributed by atoms with van der Waals surface area (Å²) in [6.07, 6.45) is -4.99. The largest absolute Gasteiger partial charge is 0.394 e. The molecule has 2 fully saturated rings. The summed E-state index contributed by atoms with van der Waals surface area (Å²) in [5.74, 6) is -3.11. The van der Waals surface area contributed by atoms with E-state index in [2.05, 4.69) is 15.4 Å². The van der Waals surface area contributed by atoms with Gasteiger partial charge in [-0.1, -0.05) is 0 Å². The van der Waals surface area contributed by atoms with Crippen molar-refractivity contribution in [1.29, 1.82) is 0 Å². The number of amidine groups is 1. The number of hydrogen-bond donors (Lipinski definition) is 5. The van der Waals surface area contributed by atoms with Crippen molar-refractivity contribution in [2.75, 3.05) is 6.61 Å². The molecule has 0 radical (unpaired) electrons. The third kappa shape index (κ3) is 1.98. The van der Waals surface area contributed by atoms with Gasteiger partial charge in [0.05, 0.1) is 6.61 Å². The summed E-state index contributed by atoms with van der Waals surface area (Å²) in [6.45, 7) is -0.519. The molecule has 0 aromatic rings. The minimum absolute atomic E-state index is 0.0626. The van der Waals surface area contributed by atoms with Crippen LogP contribution in [0.3, 0.4) is 0 Å². The van der Waals surface area contributed by atoms with Crippen LogP contribution in [-0.4, -0.2) is 75.1 Å². The van der Waals surface area contributed by atoms with Gasteiger partial charge < -0.3 is 25.8 Å². The molecule has 6 N–H and O–H groups in total. The highest BCUT2D eigenvalue weighted by atomic mass is 16.6. The highest BCUT2D eigenvalue weighted by Crippen LogP contribution is 2.28. The Hall–Kier alpha value is -2.08. The molecule has 0 saturated carbocycles. The number of nitrogens with one attached hydrogen (secondary N) is 1. The molecule has 0 bridgehead atoms. The topological polar surface area (TPSA) is 170 Å². The number of ether oxygens (including phenoxy) is 1. The average Bonchev–Trinajstić information content (AvgIpc) is 2.89. The fourth-order valence-corrected chi connectivity index (χ4v) is 2.44. The lowest BCUT2D eigenvalue weighted by Crippen LogP contribution is -2.51. The number of rotatable bonds is 2. The van der Waals surface area contributed by atoms with Crippen molar-refractivity contribution in [2.24, 2.45) is 21.6 Å². The zero-order chi connectivity index (χ0) is 15.3. The molecule has 21 heavy (non-hydrogen) atoms. The maximum absolute atomic E-state index is 11.8. The van der Waals surface area contributed by atoms with E-state index in [1.807, 2.05) is 0 Å². The second kappa shape index (κ2) is 4.73. The Labute approximate surface area is 117 Å². The van der Waals surface area contributed by atoms with Gasteiger partial charge in [0.15, 0.2) is 18.0 Å². The third-order valence-corrected chi connectivity index (χ3v) is 3.47. The number of hydrazine groups is 1. The number of guanidine groups is 1. The maximum Gasteiger partial charge on any atom is 0.269 e. The first-order valence-electron chi connectivity index (χ1n) is 6.13. The monoisotopic (exact) mass is 299 g/mol. The first-order chi connectivity index (χ1) is 9.93. The molecule has 11 nitrogen and oxygen atoms in total. The van der Waals surface area contributed by atoms with Crippen LogP contribution >= 0.6 is 0 Å². The van der Waals surface area contributed by atoms with Gasteiger partial charge in [0, 0.05) is 0 Å². The summed E-state index contributed by atoms with van der Waals surface area (Å²) in [5, 5.41) is 29.8. The smallest absolute Gasteiger partial charge is 0.269 e. The first-order valence-corrected chi connectivity index (χ1v) is 6.13. The molecule has 0 spiro atoms. The molecule has 2 saturated heterocycles. The van der Waals surface area contributed by atoms with E-state index in [9.17, 15) is 19.8 Å². The molecule has 5 atom stereocenters. The van der Waals surface area contributed by atoms with Crippen LogP contribution in [-0.2, 0) is 14.3 Å². The van der Waals surface area contributed by atoms with Gasteiger partial charge in [0.2, 0.25) is 5.96 Å². The van der Waals surface area contributed by atoms with Crippen LogP contribution in [0.25, 0.3) is 0 Å². The van der Waals surface area contributed by atoms with E-state index in [1.165, 1.54) is 0 Å². The predicted molar refractivity (Wildman–Crippen MR) is 65.3 cm³/mol. The Morgan fingerprint density at radius 3 is 2.62 bits per heavy atom. The van der Waals surface area contributed by atoms with Crippen molar-refractivity contribution in [3.8, 4) is 0 Å². The van der Waals surface area contributed by atoms with Gasteiger partial charge in [0.25, 0.3) is 11.8 Å². The summed E-state index contributed by atoms with van der Waals surface area (Å²) < 4.78 is 5.28. The molecular weight excluding hydrogens is 286 g/mol. The van der Waals surface area contributed by atoms with Crippen LogP contribution in [0.2, 0.25) is 0 Å². The second-order valence-electron chi connectivity index (χ2n) is 4.79. The number of nitrogens with two attached hydrogens (primary N) is 1. The Balaban J connectivity index is 1.92. The number of carbonyl (C=O) groups is 2. The first kappa shape index (κ1) is 13.9. The lowest BCUT2D eigenvalue weighted by atomic mass is 10.1. The molecule has 0 aromatic carbocycles. The van der Waals surface area contributed by atoms with Gasteiger partial charge in [-0.3, -0.25) is 15.0 Å². The molecule has 0 aromatic heterocycles. The number of carbonyl (C=O) groups excluding carboxylic acids is 2. The van der Waals surface area contributed by atoms with Crippen molar-refractivity contribution in [1.82, 2.24) is 10.4 Å². The lowest BCUT2D eigenvalue weighted by Gasteiger charge is -2.27. The fourth-order valence-electron chi connectivity index (χ4n) is 2.44. The van der Waals surface area contributed by atoms with Crippen LogP contribution in [0, 0.1) is 5.92 Å². The van der Waals surface area contributed by atoms with Gasteiger partial charge in [-0.25, -0.2) is 5.01 Å². The Bertz CT molecular complexity index is 562. The standard InChI is InChI=1S/C10H13N5O6/c11-10-12-6-3(7(19)13-10)8(20)14-15(6)9-5(18)4(17)2(1-16)21-9/h2-5,9,16-18H,1H2,(H,14,20)(H2,11,13,19)/t2-,3?,4-,5-,9-/m1/s1. The lowest BCUT2D eigenvalue weighted by molar-refractivity contribution is -0.133. The number of amides is 2. The van der Waals surface area contributed by atoms with E-state index in [0.29, 0.717) is 0 Å². The summed E-state index contributed by atoms with van der Waals surface area (Å²) in [7, 11) is 0. The molecule has 3 rings (SSSR count). The number of aliphatic hydroxyl groups excluding tert-OH is 3. The van der Waals surface area contributed by atoms with Gasteiger partial charge in [0.1, 0.15) is 18.3 Å².